The number of hydrogen-bond acceptors (Lipinski definition) is 4. The van der Waals surface area contributed by atoms with Crippen molar-refractivity contribution in [3.63, 3.8) is 0 Å². The van der Waals surface area contributed by atoms with Crippen LogP contribution in [-0.2, 0) is 11.3 Å². The fourth-order valence-electron chi connectivity index (χ4n) is 2.47. The number of nitrogens with zero attached hydrogens (tertiary/aromatic N) is 3. The zero-order chi connectivity index (χ0) is 17.4. The van der Waals surface area contributed by atoms with Crippen LogP contribution >= 0.6 is 24.0 Å². The molecule has 0 radical (unpaired) electrons. The number of carbonyl (C=O) groups excluding carboxylic acids is 1. The average Bonchev–Trinajstić information content (AvgIpc) is 3.12. The second-order valence-electron chi connectivity index (χ2n) is 5.56. The molecule has 2 rings (SSSR count). The molecule has 1 aromatic carbocycles. The van der Waals surface area contributed by atoms with Gasteiger partial charge in [0, 0.05) is 31.8 Å². The van der Waals surface area contributed by atoms with Crippen LogP contribution in [0.4, 0.5) is 5.69 Å². The van der Waals surface area contributed by atoms with E-state index in [1.807, 2.05) is 11.8 Å². The number of halogens is 1. The molecule has 0 spiro atoms. The van der Waals surface area contributed by atoms with Gasteiger partial charge in [-0.2, -0.15) is 0 Å². The van der Waals surface area contributed by atoms with Crippen LogP contribution in [0.5, 0.6) is 0 Å². The van der Waals surface area contributed by atoms with E-state index in [-0.39, 0.29) is 42.1 Å². The lowest BCUT2D eigenvalue weighted by Crippen LogP contribution is -2.44. The van der Waals surface area contributed by atoms with Gasteiger partial charge in [0.25, 0.3) is 5.69 Å². The van der Waals surface area contributed by atoms with Crippen molar-refractivity contribution in [3.8, 4) is 0 Å². The number of nitro benzene ring substituents is 1. The van der Waals surface area contributed by atoms with Crippen molar-refractivity contribution in [3.05, 3.63) is 39.9 Å². The molecule has 1 amide bonds. The van der Waals surface area contributed by atoms with Crippen LogP contribution < -0.4 is 10.6 Å². The van der Waals surface area contributed by atoms with Gasteiger partial charge >= 0.3 is 0 Å². The number of nitrogens with one attached hydrogen (secondary N) is 2. The van der Waals surface area contributed by atoms with Crippen LogP contribution in [0.25, 0.3) is 0 Å². The molecule has 1 aliphatic heterocycles. The Hall–Kier alpha value is -1.91. The quantitative estimate of drug-likeness (QED) is 0.222. The van der Waals surface area contributed by atoms with E-state index in [9.17, 15) is 14.9 Å². The Morgan fingerprint density at radius 3 is 2.44 bits per heavy atom. The van der Waals surface area contributed by atoms with Crippen molar-refractivity contribution in [2.24, 2.45) is 4.99 Å². The van der Waals surface area contributed by atoms with Crippen LogP contribution in [0.3, 0.4) is 0 Å². The highest BCUT2D eigenvalue weighted by Crippen LogP contribution is 2.12. The predicted molar refractivity (Wildman–Crippen MR) is 107 cm³/mol. The molecule has 0 saturated carbocycles. The topological polar surface area (TPSA) is 99.9 Å². The molecule has 1 aromatic rings. The van der Waals surface area contributed by atoms with Crippen LogP contribution in [0.2, 0.25) is 0 Å². The number of nitro groups is 1. The summed E-state index contributed by atoms with van der Waals surface area (Å²) >= 11 is 0. The Morgan fingerprint density at radius 1 is 1.24 bits per heavy atom. The van der Waals surface area contributed by atoms with Crippen molar-refractivity contribution < 1.29 is 9.72 Å². The van der Waals surface area contributed by atoms with Crippen LogP contribution in [0.1, 0.15) is 25.3 Å². The smallest absolute Gasteiger partial charge is 0.269 e. The van der Waals surface area contributed by atoms with Gasteiger partial charge < -0.3 is 15.5 Å². The van der Waals surface area contributed by atoms with Gasteiger partial charge in [-0.15, -0.1) is 24.0 Å². The Kier molecular flexibility index (Phi) is 9.17. The molecule has 0 atom stereocenters. The van der Waals surface area contributed by atoms with Gasteiger partial charge in [0.05, 0.1) is 18.0 Å². The summed E-state index contributed by atoms with van der Waals surface area (Å²) in [5, 5.41) is 16.8. The Bertz CT molecular complexity index is 600. The number of likely N-dealkylation sites (tertiary alicyclic amines) is 1. The number of hydrogen-bond donors (Lipinski definition) is 2. The van der Waals surface area contributed by atoms with Crippen molar-refractivity contribution >= 4 is 41.5 Å². The van der Waals surface area contributed by atoms with Gasteiger partial charge in [0.15, 0.2) is 5.96 Å². The third-order valence-corrected chi connectivity index (χ3v) is 3.78. The molecule has 0 aliphatic carbocycles. The van der Waals surface area contributed by atoms with Crippen molar-refractivity contribution in [1.29, 1.82) is 0 Å². The summed E-state index contributed by atoms with van der Waals surface area (Å²) in [5.74, 6) is 0.636. The molecule has 9 heteroatoms. The second kappa shape index (κ2) is 10.9. The lowest BCUT2D eigenvalue weighted by atomic mass is 10.2. The van der Waals surface area contributed by atoms with Crippen molar-refractivity contribution in [2.45, 2.75) is 26.3 Å². The molecule has 1 aliphatic rings. The van der Waals surface area contributed by atoms with E-state index < -0.39 is 4.92 Å². The first kappa shape index (κ1) is 21.1. The molecule has 138 valence electrons. The maximum Gasteiger partial charge on any atom is 0.269 e. The van der Waals surface area contributed by atoms with E-state index in [0.29, 0.717) is 19.0 Å². The highest BCUT2D eigenvalue weighted by molar-refractivity contribution is 14.0. The van der Waals surface area contributed by atoms with Gasteiger partial charge in [-0.1, -0.05) is 12.1 Å². The predicted octanol–water partition coefficient (Wildman–Crippen LogP) is 1.89. The summed E-state index contributed by atoms with van der Waals surface area (Å²) in [6, 6.07) is 6.28. The van der Waals surface area contributed by atoms with Crippen molar-refractivity contribution in [2.75, 3.05) is 26.2 Å². The molecule has 1 heterocycles. The third kappa shape index (κ3) is 6.85. The molecule has 1 saturated heterocycles. The first-order valence-corrected chi connectivity index (χ1v) is 8.13. The van der Waals surface area contributed by atoms with E-state index >= 15 is 0 Å². The summed E-state index contributed by atoms with van der Waals surface area (Å²) in [4.78, 5) is 28.5. The first-order chi connectivity index (χ1) is 11.6. The van der Waals surface area contributed by atoms with Crippen molar-refractivity contribution in [1.82, 2.24) is 15.5 Å². The summed E-state index contributed by atoms with van der Waals surface area (Å²) in [6.45, 7) is 4.89. The highest BCUT2D eigenvalue weighted by Gasteiger charge is 2.17. The fraction of sp³-hybridized carbons (Fsp3) is 0.500. The van der Waals surface area contributed by atoms with Crippen LogP contribution in [0, 0.1) is 10.1 Å². The van der Waals surface area contributed by atoms with Crippen LogP contribution in [0.15, 0.2) is 29.3 Å². The second-order valence-corrected chi connectivity index (χ2v) is 5.56. The zero-order valence-electron chi connectivity index (χ0n) is 14.2. The normalized spacial score (nSPS) is 14.0. The molecular weight excluding hydrogens is 437 g/mol. The highest BCUT2D eigenvalue weighted by atomic mass is 127. The molecule has 0 aromatic heterocycles. The molecule has 0 unspecified atom stereocenters. The molecule has 25 heavy (non-hydrogen) atoms. The fourth-order valence-corrected chi connectivity index (χ4v) is 2.47. The lowest BCUT2D eigenvalue weighted by molar-refractivity contribution is -0.384. The number of non-ortho nitro benzene ring substituents is 1. The Labute approximate surface area is 164 Å². The van der Waals surface area contributed by atoms with E-state index in [4.69, 9.17) is 0 Å². The Balaban J connectivity index is 0.00000312. The summed E-state index contributed by atoms with van der Waals surface area (Å²) < 4.78 is 0. The summed E-state index contributed by atoms with van der Waals surface area (Å²) in [5.41, 5.74) is 0.924. The molecule has 2 N–H and O–H groups in total. The number of guanidine groups is 1. The molecule has 0 bridgehead atoms. The first-order valence-electron chi connectivity index (χ1n) is 8.13. The maximum absolute atomic E-state index is 12.0. The third-order valence-electron chi connectivity index (χ3n) is 3.78. The van der Waals surface area contributed by atoms with Gasteiger partial charge in [-0.3, -0.25) is 14.9 Å². The molecule has 8 nitrogen and oxygen atoms in total. The van der Waals surface area contributed by atoms with E-state index in [1.165, 1.54) is 12.1 Å². The lowest BCUT2D eigenvalue weighted by Gasteiger charge is -2.17. The average molecular weight is 461 g/mol. The Morgan fingerprint density at radius 2 is 1.88 bits per heavy atom. The number of carbonyl (C=O) groups is 1. The van der Waals surface area contributed by atoms with Gasteiger partial charge in [-0.25, -0.2) is 4.99 Å². The van der Waals surface area contributed by atoms with Gasteiger partial charge in [0.1, 0.15) is 0 Å². The minimum Gasteiger partial charge on any atom is -0.357 e. The number of aliphatic imine (C=N–C) groups is 1. The van der Waals surface area contributed by atoms with E-state index in [1.54, 1.807) is 12.1 Å². The van der Waals surface area contributed by atoms with E-state index in [0.717, 1.165) is 31.5 Å². The minimum absolute atomic E-state index is 0. The zero-order valence-corrected chi connectivity index (χ0v) is 16.6. The van der Waals surface area contributed by atoms with Gasteiger partial charge in [-0.05, 0) is 25.3 Å². The minimum atomic E-state index is -0.428. The summed E-state index contributed by atoms with van der Waals surface area (Å²) in [7, 11) is 0. The SMILES string of the molecule is CCNC(=NCc1ccc([N+](=O)[O-])cc1)NCC(=O)N1CCCC1.I. The van der Waals surface area contributed by atoms with E-state index in [2.05, 4.69) is 15.6 Å². The molecular formula is C16H24IN5O3. The van der Waals surface area contributed by atoms with Gasteiger partial charge in [0.2, 0.25) is 5.91 Å². The number of benzene rings is 1. The number of rotatable bonds is 6. The maximum atomic E-state index is 12.0. The standard InChI is InChI=1S/C16H23N5O3.HI/c1-2-17-16(19-12-15(22)20-9-3-4-10-20)18-11-13-5-7-14(8-6-13)21(23)24;/h5-8H,2-4,9-12H2,1H3,(H2,17,18,19);1H. The molecule has 1 fully saturated rings. The summed E-state index contributed by atoms with van der Waals surface area (Å²) in [6.07, 6.45) is 2.14. The monoisotopic (exact) mass is 461 g/mol. The van der Waals surface area contributed by atoms with Crippen LogP contribution in [-0.4, -0.2) is 47.9 Å². The largest absolute Gasteiger partial charge is 0.357 e. The number of amides is 1.